The number of aromatic nitrogens is 4. The van der Waals surface area contributed by atoms with Crippen molar-refractivity contribution in [2.45, 2.75) is 44.9 Å². The number of nitrogens with one attached hydrogen (secondary N) is 2. The van der Waals surface area contributed by atoms with Gasteiger partial charge in [-0.05, 0) is 32.3 Å². The Kier molecular flexibility index (Phi) is 6.65. The summed E-state index contributed by atoms with van der Waals surface area (Å²) in [5, 5.41) is 18.1. The van der Waals surface area contributed by atoms with Gasteiger partial charge in [0.25, 0.3) is 5.91 Å². The molecule has 4 rings (SSSR count). The highest BCUT2D eigenvalue weighted by atomic mass is 32.1. The smallest absolute Gasteiger partial charge is 0.381 e. The molecule has 3 heterocycles. The van der Waals surface area contributed by atoms with Crippen LogP contribution >= 0.6 is 11.3 Å². The molecule has 2 N–H and O–H groups in total. The number of anilines is 2. The van der Waals surface area contributed by atoms with Crippen molar-refractivity contribution in [3.63, 3.8) is 0 Å². The van der Waals surface area contributed by atoms with Crippen LogP contribution < -0.4 is 21.0 Å². The van der Waals surface area contributed by atoms with Crippen LogP contribution in [0.25, 0.3) is 5.13 Å². The number of hydrogen-bond donors (Lipinski definition) is 2. The summed E-state index contributed by atoms with van der Waals surface area (Å²) < 4.78 is 41.8. The van der Waals surface area contributed by atoms with Crippen molar-refractivity contribution >= 4 is 28.1 Å². The third-order valence-corrected chi connectivity index (χ3v) is 5.87. The molecule has 0 bridgehead atoms. The van der Waals surface area contributed by atoms with Crippen molar-refractivity contribution < 1.29 is 27.5 Å². The first-order valence-electron chi connectivity index (χ1n) is 9.94. The minimum Gasteiger partial charge on any atom is -0.488 e. The Labute approximate surface area is 189 Å². The number of halogens is 2. The normalized spacial score (nSPS) is 18.0. The van der Waals surface area contributed by atoms with E-state index >= 15 is 0 Å². The number of methoxy groups -OCH3 is 1. The SMILES string of the molecule is COc1c(N[C@H]2CCC[C@H]2OC(F)F)cc(C(=O)Nc2nnc(-n3nccc3C)s2)oc1=O. The molecule has 3 aromatic heterocycles. The van der Waals surface area contributed by atoms with E-state index in [1.54, 1.807) is 16.9 Å². The van der Waals surface area contributed by atoms with E-state index in [4.69, 9.17) is 9.15 Å². The highest BCUT2D eigenvalue weighted by molar-refractivity contribution is 7.17. The lowest BCUT2D eigenvalue weighted by Gasteiger charge is -2.22. The van der Waals surface area contributed by atoms with Gasteiger partial charge in [0.05, 0.1) is 24.9 Å². The quantitative estimate of drug-likeness (QED) is 0.497. The molecule has 0 radical (unpaired) electrons. The average Bonchev–Trinajstić information content (AvgIpc) is 3.49. The number of nitrogens with zero attached hydrogens (tertiary/aromatic N) is 4. The third kappa shape index (κ3) is 5.01. The molecule has 1 aliphatic carbocycles. The molecule has 0 unspecified atom stereocenters. The zero-order valence-electron chi connectivity index (χ0n) is 17.6. The summed E-state index contributed by atoms with van der Waals surface area (Å²) in [5.74, 6) is -1.24. The molecular weight excluding hydrogens is 462 g/mol. The lowest BCUT2D eigenvalue weighted by molar-refractivity contribution is -0.162. The summed E-state index contributed by atoms with van der Waals surface area (Å²) in [6.07, 6.45) is 2.51. The van der Waals surface area contributed by atoms with Gasteiger partial charge in [0, 0.05) is 18.0 Å². The van der Waals surface area contributed by atoms with Crippen molar-refractivity contribution in [1.82, 2.24) is 20.0 Å². The molecule has 2 atom stereocenters. The zero-order chi connectivity index (χ0) is 23.5. The number of ether oxygens (including phenoxy) is 2. The molecule has 0 saturated heterocycles. The monoisotopic (exact) mass is 482 g/mol. The van der Waals surface area contributed by atoms with Crippen molar-refractivity contribution in [2.75, 3.05) is 17.7 Å². The van der Waals surface area contributed by atoms with Gasteiger partial charge in [-0.3, -0.25) is 10.1 Å². The summed E-state index contributed by atoms with van der Waals surface area (Å²) in [4.78, 5) is 25.1. The van der Waals surface area contributed by atoms with E-state index in [0.29, 0.717) is 24.4 Å². The summed E-state index contributed by atoms with van der Waals surface area (Å²) in [6.45, 7) is -1.07. The minimum absolute atomic E-state index is 0.138. The number of carbonyl (C=O) groups excluding carboxylic acids is 1. The highest BCUT2D eigenvalue weighted by Gasteiger charge is 2.32. The Morgan fingerprint density at radius 1 is 1.36 bits per heavy atom. The van der Waals surface area contributed by atoms with E-state index in [2.05, 4.69) is 30.7 Å². The van der Waals surface area contributed by atoms with Crippen LogP contribution in [-0.2, 0) is 4.74 Å². The number of aryl methyl sites for hydroxylation is 1. The first-order chi connectivity index (χ1) is 15.9. The summed E-state index contributed by atoms with van der Waals surface area (Å²) in [5.41, 5.74) is 0.0720. The minimum atomic E-state index is -2.91. The maximum absolute atomic E-state index is 12.7. The standard InChI is InChI=1S/C19H20F2N6O5S/c1-9-6-7-22-27(9)19-26-25-18(33-19)24-15(28)13-8-11(14(30-2)16(29)31-13)23-10-4-3-5-12(10)32-17(20)21/h6-8,10,12,17,23H,3-5H2,1-2H3,(H,24,25,28)/t10-,12+/m0/s1. The molecule has 33 heavy (non-hydrogen) atoms. The maximum Gasteiger partial charge on any atom is 0.381 e. The van der Waals surface area contributed by atoms with Gasteiger partial charge in [0.1, 0.15) is 0 Å². The molecule has 0 spiro atoms. The summed E-state index contributed by atoms with van der Waals surface area (Å²) in [6, 6.07) is 2.57. The Morgan fingerprint density at radius 3 is 2.88 bits per heavy atom. The first kappa shape index (κ1) is 22.8. The van der Waals surface area contributed by atoms with E-state index in [-0.39, 0.29) is 22.3 Å². The van der Waals surface area contributed by atoms with Crippen LogP contribution in [0.3, 0.4) is 0 Å². The fourth-order valence-corrected chi connectivity index (χ4v) is 4.32. The predicted molar refractivity (Wildman–Crippen MR) is 113 cm³/mol. The Balaban J connectivity index is 1.54. The maximum atomic E-state index is 12.7. The molecule has 0 aromatic carbocycles. The molecular formula is C19H20F2N6O5S. The van der Waals surface area contributed by atoms with Gasteiger partial charge in [-0.1, -0.05) is 11.3 Å². The van der Waals surface area contributed by atoms with Crippen molar-refractivity contribution in [2.24, 2.45) is 0 Å². The van der Waals surface area contributed by atoms with Crippen LogP contribution in [0.15, 0.2) is 27.5 Å². The van der Waals surface area contributed by atoms with Crippen LogP contribution in [-0.4, -0.2) is 51.8 Å². The molecule has 11 nitrogen and oxygen atoms in total. The molecule has 1 saturated carbocycles. The van der Waals surface area contributed by atoms with Gasteiger partial charge in [-0.2, -0.15) is 13.9 Å². The fraction of sp³-hybridized carbons (Fsp3) is 0.421. The van der Waals surface area contributed by atoms with Crippen molar-refractivity contribution in [1.29, 1.82) is 0 Å². The van der Waals surface area contributed by atoms with Crippen molar-refractivity contribution in [3.05, 3.63) is 40.2 Å². The van der Waals surface area contributed by atoms with Gasteiger partial charge in [0.2, 0.25) is 16.0 Å². The second-order valence-corrected chi connectivity index (χ2v) is 8.15. The summed E-state index contributed by atoms with van der Waals surface area (Å²) >= 11 is 1.07. The van der Waals surface area contributed by atoms with Crippen LogP contribution in [0.4, 0.5) is 19.6 Å². The zero-order valence-corrected chi connectivity index (χ0v) is 18.4. The van der Waals surface area contributed by atoms with E-state index < -0.39 is 30.3 Å². The van der Waals surface area contributed by atoms with E-state index in [1.165, 1.54) is 13.2 Å². The number of hydrogen-bond acceptors (Lipinski definition) is 10. The molecule has 3 aromatic rings. The Hall–Kier alpha value is -3.39. The van der Waals surface area contributed by atoms with Gasteiger partial charge >= 0.3 is 12.2 Å². The molecule has 1 fully saturated rings. The first-order valence-corrected chi connectivity index (χ1v) is 10.8. The second-order valence-electron chi connectivity index (χ2n) is 7.19. The molecule has 0 aliphatic heterocycles. The van der Waals surface area contributed by atoms with Crippen LogP contribution in [0.2, 0.25) is 0 Å². The van der Waals surface area contributed by atoms with Crippen LogP contribution in [0.5, 0.6) is 5.75 Å². The van der Waals surface area contributed by atoms with Gasteiger partial charge in [-0.25, -0.2) is 9.48 Å². The predicted octanol–water partition coefficient (Wildman–Crippen LogP) is 2.82. The van der Waals surface area contributed by atoms with Gasteiger partial charge in [-0.15, -0.1) is 10.2 Å². The molecule has 1 aliphatic rings. The highest BCUT2D eigenvalue weighted by Crippen LogP contribution is 2.30. The van der Waals surface area contributed by atoms with Crippen LogP contribution in [0.1, 0.15) is 35.5 Å². The number of alkyl halides is 2. The number of rotatable bonds is 8. The lowest BCUT2D eigenvalue weighted by atomic mass is 10.2. The Morgan fingerprint density at radius 2 is 2.18 bits per heavy atom. The van der Waals surface area contributed by atoms with Crippen molar-refractivity contribution in [3.8, 4) is 10.9 Å². The third-order valence-electron chi connectivity index (χ3n) is 5.06. The molecule has 14 heteroatoms. The van der Waals surface area contributed by atoms with Gasteiger partial charge in [0.15, 0.2) is 5.76 Å². The van der Waals surface area contributed by atoms with Gasteiger partial charge < -0.3 is 19.2 Å². The van der Waals surface area contributed by atoms with Crippen LogP contribution in [0, 0.1) is 6.92 Å². The number of carbonyl (C=O) groups is 1. The van der Waals surface area contributed by atoms with E-state index in [9.17, 15) is 18.4 Å². The number of amides is 1. The van der Waals surface area contributed by atoms with E-state index in [0.717, 1.165) is 17.0 Å². The lowest BCUT2D eigenvalue weighted by Crippen LogP contribution is -2.32. The van der Waals surface area contributed by atoms with E-state index in [1.807, 2.05) is 6.92 Å². The average molecular weight is 482 g/mol. The Bertz CT molecular complexity index is 1200. The molecule has 1 amide bonds. The molecule has 176 valence electrons. The summed E-state index contributed by atoms with van der Waals surface area (Å²) in [7, 11) is 1.26. The second kappa shape index (κ2) is 9.62. The topological polar surface area (TPSA) is 133 Å². The largest absolute Gasteiger partial charge is 0.488 e. The fourth-order valence-electron chi connectivity index (χ4n) is 3.56.